The summed E-state index contributed by atoms with van der Waals surface area (Å²) >= 11 is 0. The largest absolute Gasteiger partial charge is 0.313 e. The highest BCUT2D eigenvalue weighted by molar-refractivity contribution is 5.40. The maximum Gasteiger partial charge on any atom is 0.123 e. The van der Waals surface area contributed by atoms with Gasteiger partial charge in [0, 0.05) is 6.54 Å². The molecule has 0 aliphatic carbocycles. The van der Waals surface area contributed by atoms with Gasteiger partial charge >= 0.3 is 0 Å². The number of hydrogen-bond acceptors (Lipinski definition) is 3. The third-order valence-electron chi connectivity index (χ3n) is 2.25. The molecule has 78 valence electrons. The zero-order valence-electron chi connectivity index (χ0n) is 8.72. The van der Waals surface area contributed by atoms with Crippen LogP contribution in [0.2, 0.25) is 0 Å². The van der Waals surface area contributed by atoms with Gasteiger partial charge in [0.2, 0.25) is 0 Å². The lowest BCUT2D eigenvalue weighted by Gasteiger charge is -2.09. The molecule has 0 spiro atoms. The maximum atomic E-state index is 3.81. The monoisotopic (exact) mass is 202 g/mol. The minimum absolute atomic E-state index is 0.866. The minimum atomic E-state index is 0.866. The molecule has 1 N–H and O–H groups in total. The molecule has 0 saturated heterocycles. The zero-order valence-corrected chi connectivity index (χ0v) is 8.72. The highest BCUT2D eigenvalue weighted by Gasteiger charge is 2.02. The van der Waals surface area contributed by atoms with Crippen LogP contribution in [-0.4, -0.2) is 21.3 Å². The van der Waals surface area contributed by atoms with E-state index in [1.807, 2.05) is 16.7 Å². The van der Waals surface area contributed by atoms with Gasteiger partial charge in [-0.1, -0.05) is 25.1 Å². The summed E-state index contributed by atoms with van der Waals surface area (Å²) in [6, 6.07) is 8.24. The molecule has 1 aromatic carbocycles. The number of hydrogen-bond donors (Lipinski definition) is 1. The molecule has 0 unspecified atom stereocenters. The van der Waals surface area contributed by atoms with Gasteiger partial charge in [-0.25, -0.2) is 0 Å². The van der Waals surface area contributed by atoms with Crippen LogP contribution in [0.15, 0.2) is 36.9 Å². The second-order valence-electron chi connectivity index (χ2n) is 3.28. The van der Waals surface area contributed by atoms with E-state index >= 15 is 0 Å². The number of rotatable bonds is 4. The third-order valence-corrected chi connectivity index (χ3v) is 2.25. The van der Waals surface area contributed by atoms with Gasteiger partial charge in [0.15, 0.2) is 0 Å². The Bertz CT molecular complexity index is 408. The summed E-state index contributed by atoms with van der Waals surface area (Å²) in [6.45, 7) is 3.93. The Morgan fingerprint density at radius 1 is 1.20 bits per heavy atom. The molecule has 0 aliphatic rings. The number of nitrogens with one attached hydrogen (secondary N) is 1. The number of para-hydroxylation sites is 1. The summed E-state index contributed by atoms with van der Waals surface area (Å²) in [6.07, 6.45) is 3.43. The second-order valence-corrected chi connectivity index (χ2v) is 3.28. The fraction of sp³-hybridized carbons (Fsp3) is 0.273. The Morgan fingerprint density at radius 3 is 2.67 bits per heavy atom. The Balaban J connectivity index is 2.30. The van der Waals surface area contributed by atoms with Gasteiger partial charge < -0.3 is 5.32 Å². The van der Waals surface area contributed by atoms with Crippen LogP contribution in [0.4, 0.5) is 0 Å². The Hall–Kier alpha value is -1.68. The maximum absolute atomic E-state index is 3.81. The lowest BCUT2D eigenvalue weighted by atomic mass is 10.1. The van der Waals surface area contributed by atoms with Crippen molar-refractivity contribution in [3.63, 3.8) is 0 Å². The van der Waals surface area contributed by atoms with Crippen LogP contribution in [0.25, 0.3) is 5.69 Å². The van der Waals surface area contributed by atoms with E-state index in [0.29, 0.717) is 0 Å². The molecule has 1 aromatic heterocycles. The average molecular weight is 202 g/mol. The Morgan fingerprint density at radius 2 is 1.93 bits per heavy atom. The van der Waals surface area contributed by atoms with Gasteiger partial charge in [-0.3, -0.25) is 4.57 Å². The predicted octanol–water partition coefficient (Wildman–Crippen LogP) is 1.38. The van der Waals surface area contributed by atoms with Crippen molar-refractivity contribution in [1.29, 1.82) is 0 Å². The summed E-state index contributed by atoms with van der Waals surface area (Å²) in [5, 5.41) is 10.9. The molecule has 0 fully saturated rings. The average Bonchev–Trinajstić information content (AvgIpc) is 2.80. The highest BCUT2D eigenvalue weighted by Crippen LogP contribution is 2.12. The van der Waals surface area contributed by atoms with E-state index in [4.69, 9.17) is 0 Å². The van der Waals surface area contributed by atoms with E-state index in [1.165, 1.54) is 5.56 Å². The molecule has 2 aromatic rings. The number of nitrogens with zero attached hydrogens (tertiary/aromatic N) is 3. The molecule has 0 bridgehead atoms. The van der Waals surface area contributed by atoms with Crippen molar-refractivity contribution in [1.82, 2.24) is 20.1 Å². The van der Waals surface area contributed by atoms with Crippen LogP contribution >= 0.6 is 0 Å². The van der Waals surface area contributed by atoms with Gasteiger partial charge in [0.1, 0.15) is 12.7 Å². The molecule has 0 radical (unpaired) electrons. The van der Waals surface area contributed by atoms with Crippen molar-refractivity contribution in [2.45, 2.75) is 13.5 Å². The summed E-state index contributed by atoms with van der Waals surface area (Å²) < 4.78 is 1.92. The van der Waals surface area contributed by atoms with Crippen molar-refractivity contribution in [2.75, 3.05) is 6.54 Å². The Kier molecular flexibility index (Phi) is 3.09. The van der Waals surface area contributed by atoms with E-state index < -0.39 is 0 Å². The topological polar surface area (TPSA) is 42.7 Å². The van der Waals surface area contributed by atoms with Crippen molar-refractivity contribution >= 4 is 0 Å². The van der Waals surface area contributed by atoms with Crippen LogP contribution < -0.4 is 5.32 Å². The quantitative estimate of drug-likeness (QED) is 0.814. The van der Waals surface area contributed by atoms with Crippen molar-refractivity contribution in [3.05, 3.63) is 42.5 Å². The zero-order chi connectivity index (χ0) is 10.5. The molecule has 2 rings (SSSR count). The molecule has 0 saturated carbocycles. The fourth-order valence-corrected chi connectivity index (χ4v) is 1.50. The van der Waals surface area contributed by atoms with Crippen LogP contribution in [0.3, 0.4) is 0 Å². The molecular formula is C11H14N4. The highest BCUT2D eigenvalue weighted by atomic mass is 15.2. The smallest absolute Gasteiger partial charge is 0.123 e. The Labute approximate surface area is 89.0 Å². The molecule has 15 heavy (non-hydrogen) atoms. The molecule has 0 amide bonds. The first-order valence-electron chi connectivity index (χ1n) is 5.05. The van der Waals surface area contributed by atoms with Crippen LogP contribution in [0, 0.1) is 0 Å². The summed E-state index contributed by atoms with van der Waals surface area (Å²) in [7, 11) is 0. The lowest BCUT2D eigenvalue weighted by molar-refractivity contribution is 0.722. The number of aromatic nitrogens is 3. The first-order chi connectivity index (χ1) is 7.42. The van der Waals surface area contributed by atoms with Gasteiger partial charge in [-0.05, 0) is 18.2 Å². The van der Waals surface area contributed by atoms with E-state index in [9.17, 15) is 0 Å². The van der Waals surface area contributed by atoms with Crippen LogP contribution in [0.1, 0.15) is 12.5 Å². The SMILES string of the molecule is CCNCc1ccccc1-n1cnnc1. The van der Waals surface area contributed by atoms with E-state index in [1.54, 1.807) is 12.7 Å². The summed E-state index contributed by atoms with van der Waals surface area (Å²) in [4.78, 5) is 0. The molecule has 4 nitrogen and oxygen atoms in total. The lowest BCUT2D eigenvalue weighted by Crippen LogP contribution is -2.13. The summed E-state index contributed by atoms with van der Waals surface area (Å²) in [5.41, 5.74) is 2.38. The number of benzene rings is 1. The van der Waals surface area contributed by atoms with Gasteiger partial charge in [-0.2, -0.15) is 0 Å². The first kappa shape index (κ1) is 9.86. The predicted molar refractivity (Wildman–Crippen MR) is 58.7 cm³/mol. The standard InChI is InChI=1S/C11H14N4/c1-2-12-7-10-5-3-4-6-11(10)15-8-13-14-9-15/h3-6,8-9,12H,2,7H2,1H3. The van der Waals surface area contributed by atoms with E-state index in [2.05, 4.69) is 34.6 Å². The van der Waals surface area contributed by atoms with Gasteiger partial charge in [0.05, 0.1) is 5.69 Å². The second kappa shape index (κ2) is 4.70. The molecule has 0 atom stereocenters. The van der Waals surface area contributed by atoms with Gasteiger partial charge in [0.25, 0.3) is 0 Å². The van der Waals surface area contributed by atoms with Gasteiger partial charge in [-0.15, -0.1) is 10.2 Å². The molecular weight excluding hydrogens is 188 g/mol. The molecule has 1 heterocycles. The molecule has 0 aliphatic heterocycles. The van der Waals surface area contributed by atoms with Crippen LogP contribution in [0.5, 0.6) is 0 Å². The molecule has 4 heteroatoms. The van der Waals surface area contributed by atoms with E-state index in [0.717, 1.165) is 18.8 Å². The van der Waals surface area contributed by atoms with E-state index in [-0.39, 0.29) is 0 Å². The van der Waals surface area contributed by atoms with Crippen LogP contribution in [-0.2, 0) is 6.54 Å². The normalized spacial score (nSPS) is 10.5. The van der Waals surface area contributed by atoms with Crippen molar-refractivity contribution in [3.8, 4) is 5.69 Å². The fourth-order valence-electron chi connectivity index (χ4n) is 1.50. The third kappa shape index (κ3) is 2.22. The first-order valence-corrected chi connectivity index (χ1v) is 5.05. The van der Waals surface area contributed by atoms with Crippen molar-refractivity contribution in [2.24, 2.45) is 0 Å². The summed E-state index contributed by atoms with van der Waals surface area (Å²) in [5.74, 6) is 0. The van der Waals surface area contributed by atoms with Crippen molar-refractivity contribution < 1.29 is 0 Å². The minimum Gasteiger partial charge on any atom is -0.313 e.